The lowest BCUT2D eigenvalue weighted by Gasteiger charge is -1.95. The molecule has 0 fully saturated rings. The van der Waals surface area contributed by atoms with Gasteiger partial charge in [-0.25, -0.2) is 0 Å². The van der Waals surface area contributed by atoms with Crippen molar-refractivity contribution < 1.29 is 0 Å². The summed E-state index contributed by atoms with van der Waals surface area (Å²) in [6.45, 7) is 2.11. The molecule has 1 nitrogen and oxygen atoms in total. The summed E-state index contributed by atoms with van der Waals surface area (Å²) in [6.07, 6.45) is 0. The minimum Gasteiger partial charge on any atom is -0.192 e. The Morgan fingerprint density at radius 1 is 1.36 bits per heavy atom. The van der Waals surface area contributed by atoms with Gasteiger partial charge in [-0.05, 0) is 30.0 Å². The van der Waals surface area contributed by atoms with Crippen LogP contribution in [0, 0.1) is 11.3 Å². The minimum absolute atomic E-state index is 0.727. The summed E-state index contributed by atoms with van der Waals surface area (Å²) in [7, 11) is 0. The Kier molecular flexibility index (Phi) is 3.00. The maximum Gasteiger partial charge on any atom is 0.0991 e. The van der Waals surface area contributed by atoms with Crippen molar-refractivity contribution in [1.82, 2.24) is 0 Å². The van der Waals surface area contributed by atoms with E-state index in [9.17, 15) is 0 Å². The van der Waals surface area contributed by atoms with Gasteiger partial charge >= 0.3 is 0 Å². The highest BCUT2D eigenvalue weighted by atomic mass is 32.2. The highest BCUT2D eigenvalue weighted by Crippen LogP contribution is 2.17. The molecule has 0 aliphatic heterocycles. The molecule has 2 heteroatoms. The predicted octanol–water partition coefficient (Wildman–Crippen LogP) is 2.67. The molecule has 0 unspecified atom stereocenters. The lowest BCUT2D eigenvalue weighted by atomic mass is 10.2. The van der Waals surface area contributed by atoms with E-state index in [0.717, 1.165) is 11.3 Å². The van der Waals surface area contributed by atoms with Crippen LogP contribution in [0.1, 0.15) is 12.5 Å². The lowest BCUT2D eigenvalue weighted by Crippen LogP contribution is -1.74. The first-order valence-corrected chi connectivity index (χ1v) is 4.48. The molecule has 0 N–H and O–H groups in total. The van der Waals surface area contributed by atoms with Gasteiger partial charge in [-0.2, -0.15) is 5.26 Å². The highest BCUT2D eigenvalue weighted by Gasteiger charge is 1.91. The van der Waals surface area contributed by atoms with Crippen LogP contribution in [0.25, 0.3) is 0 Å². The molecule has 0 aliphatic rings. The largest absolute Gasteiger partial charge is 0.192 e. The number of hydrogen-bond acceptors (Lipinski definition) is 2. The van der Waals surface area contributed by atoms with Crippen molar-refractivity contribution in [3.8, 4) is 6.07 Å². The highest BCUT2D eigenvalue weighted by molar-refractivity contribution is 7.99. The van der Waals surface area contributed by atoms with E-state index in [2.05, 4.69) is 13.0 Å². The van der Waals surface area contributed by atoms with Gasteiger partial charge < -0.3 is 0 Å². The SMILES string of the molecule is CCSc1ccc(C#N)cc1. The number of nitriles is 1. The molecule has 1 aromatic rings. The Hall–Kier alpha value is -0.940. The van der Waals surface area contributed by atoms with Crippen LogP contribution in [0.15, 0.2) is 29.2 Å². The van der Waals surface area contributed by atoms with E-state index < -0.39 is 0 Å². The quantitative estimate of drug-likeness (QED) is 0.626. The summed E-state index contributed by atoms with van der Waals surface area (Å²) in [4.78, 5) is 1.23. The van der Waals surface area contributed by atoms with E-state index in [-0.39, 0.29) is 0 Å². The van der Waals surface area contributed by atoms with Crippen molar-refractivity contribution in [3.05, 3.63) is 29.8 Å². The van der Waals surface area contributed by atoms with Gasteiger partial charge in [-0.15, -0.1) is 11.8 Å². The summed E-state index contributed by atoms with van der Waals surface area (Å²) in [5, 5.41) is 8.50. The molecule has 11 heavy (non-hydrogen) atoms. The van der Waals surface area contributed by atoms with Gasteiger partial charge in [0.2, 0.25) is 0 Å². The summed E-state index contributed by atoms with van der Waals surface area (Å²) in [5.74, 6) is 1.08. The van der Waals surface area contributed by atoms with Gasteiger partial charge in [-0.1, -0.05) is 6.92 Å². The van der Waals surface area contributed by atoms with Crippen LogP contribution < -0.4 is 0 Å². The third-order valence-electron chi connectivity index (χ3n) is 1.29. The van der Waals surface area contributed by atoms with Crippen LogP contribution in [0.5, 0.6) is 0 Å². The van der Waals surface area contributed by atoms with Crippen molar-refractivity contribution in [2.24, 2.45) is 0 Å². The van der Waals surface area contributed by atoms with Gasteiger partial charge in [-0.3, -0.25) is 0 Å². The van der Waals surface area contributed by atoms with Crippen LogP contribution in [0.4, 0.5) is 0 Å². The van der Waals surface area contributed by atoms with Crippen molar-refractivity contribution in [2.75, 3.05) is 5.75 Å². The van der Waals surface area contributed by atoms with E-state index in [4.69, 9.17) is 5.26 Å². The third kappa shape index (κ3) is 2.28. The Labute approximate surface area is 71.0 Å². The fourth-order valence-corrected chi connectivity index (χ4v) is 1.45. The first-order valence-electron chi connectivity index (χ1n) is 3.49. The molecular weight excluding hydrogens is 154 g/mol. The molecule has 0 amide bonds. The molecule has 0 saturated heterocycles. The second-order valence-corrected chi connectivity index (χ2v) is 3.41. The zero-order valence-corrected chi connectivity index (χ0v) is 7.19. The summed E-state index contributed by atoms with van der Waals surface area (Å²) < 4.78 is 0. The van der Waals surface area contributed by atoms with Gasteiger partial charge in [0.25, 0.3) is 0 Å². The molecule has 0 saturated carbocycles. The van der Waals surface area contributed by atoms with Crippen molar-refractivity contribution in [3.63, 3.8) is 0 Å². The molecule has 1 aromatic carbocycles. The molecule has 56 valence electrons. The average molecular weight is 163 g/mol. The second kappa shape index (κ2) is 4.05. The lowest BCUT2D eigenvalue weighted by molar-refractivity contribution is 1.40. The molecule has 0 aliphatic carbocycles. The first-order chi connectivity index (χ1) is 5.36. The Bertz CT molecular complexity index is 258. The summed E-state index contributed by atoms with van der Waals surface area (Å²) in [5.41, 5.74) is 0.727. The second-order valence-electron chi connectivity index (χ2n) is 2.07. The van der Waals surface area contributed by atoms with Crippen LogP contribution in [0.3, 0.4) is 0 Å². The number of nitrogens with zero attached hydrogens (tertiary/aromatic N) is 1. The van der Waals surface area contributed by atoms with E-state index in [1.165, 1.54) is 4.90 Å². The van der Waals surface area contributed by atoms with Crippen LogP contribution in [-0.2, 0) is 0 Å². The molecular formula is C9H9NS. The molecule has 0 bridgehead atoms. The smallest absolute Gasteiger partial charge is 0.0991 e. The van der Waals surface area contributed by atoms with Gasteiger partial charge in [0, 0.05) is 4.90 Å². The van der Waals surface area contributed by atoms with Crippen molar-refractivity contribution in [1.29, 1.82) is 5.26 Å². The monoisotopic (exact) mass is 163 g/mol. The van der Waals surface area contributed by atoms with E-state index in [1.54, 1.807) is 11.8 Å². The molecule has 0 heterocycles. The minimum atomic E-state index is 0.727. The number of benzene rings is 1. The topological polar surface area (TPSA) is 23.8 Å². The maximum absolute atomic E-state index is 8.50. The van der Waals surface area contributed by atoms with Crippen LogP contribution in [-0.4, -0.2) is 5.75 Å². The maximum atomic E-state index is 8.50. The van der Waals surface area contributed by atoms with Crippen LogP contribution >= 0.6 is 11.8 Å². The zero-order chi connectivity index (χ0) is 8.10. The van der Waals surface area contributed by atoms with E-state index >= 15 is 0 Å². The van der Waals surface area contributed by atoms with Crippen molar-refractivity contribution >= 4 is 11.8 Å². The number of thioether (sulfide) groups is 1. The Morgan fingerprint density at radius 2 is 2.00 bits per heavy atom. The molecule has 1 rings (SSSR count). The standard InChI is InChI=1S/C9H9NS/c1-2-11-9-5-3-8(7-10)4-6-9/h3-6H,2H2,1H3. The van der Waals surface area contributed by atoms with Crippen molar-refractivity contribution in [2.45, 2.75) is 11.8 Å². The first kappa shape index (κ1) is 8.16. The average Bonchev–Trinajstić information content (AvgIpc) is 2.07. The van der Waals surface area contributed by atoms with Crippen LogP contribution in [0.2, 0.25) is 0 Å². The van der Waals surface area contributed by atoms with Gasteiger partial charge in [0.15, 0.2) is 0 Å². The third-order valence-corrected chi connectivity index (χ3v) is 2.19. The van der Waals surface area contributed by atoms with Gasteiger partial charge in [0.1, 0.15) is 0 Å². The normalized spacial score (nSPS) is 9.09. The fourth-order valence-electron chi connectivity index (χ4n) is 0.792. The summed E-state index contributed by atoms with van der Waals surface area (Å²) >= 11 is 1.79. The van der Waals surface area contributed by atoms with E-state index in [0.29, 0.717) is 0 Å². The molecule has 0 spiro atoms. The van der Waals surface area contributed by atoms with Gasteiger partial charge in [0.05, 0.1) is 11.6 Å². The Morgan fingerprint density at radius 3 is 2.45 bits per heavy atom. The Balaban J connectivity index is 2.76. The van der Waals surface area contributed by atoms with E-state index in [1.807, 2.05) is 24.3 Å². The molecule has 0 radical (unpaired) electrons. The predicted molar refractivity (Wildman–Crippen MR) is 47.6 cm³/mol. The fraction of sp³-hybridized carbons (Fsp3) is 0.222. The molecule has 0 aromatic heterocycles. The summed E-state index contributed by atoms with van der Waals surface area (Å²) in [6, 6.07) is 9.74. The number of rotatable bonds is 2. The zero-order valence-electron chi connectivity index (χ0n) is 6.37. The number of hydrogen-bond donors (Lipinski definition) is 0. The molecule has 0 atom stereocenters.